The van der Waals surface area contributed by atoms with Crippen LogP contribution in [0.2, 0.25) is 0 Å². The fourth-order valence-electron chi connectivity index (χ4n) is 5.44. The van der Waals surface area contributed by atoms with Crippen LogP contribution in [0.3, 0.4) is 0 Å². The van der Waals surface area contributed by atoms with Gasteiger partial charge in [-0.3, -0.25) is 14.4 Å². The Labute approximate surface area is 195 Å². The smallest absolute Gasteiger partial charge is 0.219 e. The Balaban J connectivity index is 0.00000136. The molecule has 0 spiro atoms. The Hall–Kier alpha value is -1.67. The number of aryl methyl sites for hydroxylation is 1. The van der Waals surface area contributed by atoms with Crippen molar-refractivity contribution in [2.24, 2.45) is 11.8 Å². The summed E-state index contributed by atoms with van der Waals surface area (Å²) in [5.74, 6) is 0.597. The lowest BCUT2D eigenvalue weighted by atomic mass is 9.89. The van der Waals surface area contributed by atoms with Gasteiger partial charge in [0.1, 0.15) is 5.82 Å². The molecule has 3 aliphatic heterocycles. The van der Waals surface area contributed by atoms with Crippen LogP contribution in [0.5, 0.6) is 0 Å². The summed E-state index contributed by atoms with van der Waals surface area (Å²) in [6, 6.07) is 8.93. The third-order valence-electron chi connectivity index (χ3n) is 6.66. The predicted octanol–water partition coefficient (Wildman–Crippen LogP) is 3.01. The van der Waals surface area contributed by atoms with Crippen LogP contribution in [0, 0.1) is 17.7 Å². The number of halogens is 3. The number of amides is 1. The zero-order chi connectivity index (χ0) is 20.0. The van der Waals surface area contributed by atoms with Gasteiger partial charge in [-0.15, -0.1) is 24.8 Å². The van der Waals surface area contributed by atoms with Gasteiger partial charge in [0.25, 0.3) is 0 Å². The molecule has 3 aliphatic rings. The van der Waals surface area contributed by atoms with Gasteiger partial charge < -0.3 is 10.2 Å². The van der Waals surface area contributed by atoms with Gasteiger partial charge >= 0.3 is 0 Å². The maximum absolute atomic E-state index is 13.9. The molecule has 0 saturated carbocycles. The maximum atomic E-state index is 13.9. The van der Waals surface area contributed by atoms with Gasteiger partial charge in [-0.2, -0.15) is 5.10 Å². The molecular weight excluding hydrogens is 440 g/mol. The summed E-state index contributed by atoms with van der Waals surface area (Å²) in [5.41, 5.74) is 3.29. The van der Waals surface area contributed by atoms with Crippen molar-refractivity contribution < 1.29 is 9.18 Å². The van der Waals surface area contributed by atoms with Crippen molar-refractivity contribution in [2.45, 2.75) is 39.0 Å². The van der Waals surface area contributed by atoms with Crippen molar-refractivity contribution in [3.8, 4) is 0 Å². The topological polar surface area (TPSA) is 53.4 Å². The first-order valence-electron chi connectivity index (χ1n) is 10.6. The van der Waals surface area contributed by atoms with E-state index in [1.165, 1.54) is 11.8 Å². The van der Waals surface area contributed by atoms with Gasteiger partial charge in [-0.25, -0.2) is 4.39 Å². The van der Waals surface area contributed by atoms with Crippen molar-refractivity contribution in [3.05, 3.63) is 53.1 Å². The Kier molecular flexibility index (Phi) is 7.63. The zero-order valence-electron chi connectivity index (χ0n) is 17.7. The van der Waals surface area contributed by atoms with Crippen LogP contribution in [0.4, 0.5) is 4.39 Å². The Morgan fingerprint density at radius 1 is 1.23 bits per heavy atom. The molecule has 0 aliphatic carbocycles. The minimum atomic E-state index is -0.238. The zero-order valence-corrected chi connectivity index (χ0v) is 19.3. The number of benzene rings is 1. The van der Waals surface area contributed by atoms with Crippen molar-refractivity contribution in [2.75, 3.05) is 26.2 Å². The minimum absolute atomic E-state index is 0. The summed E-state index contributed by atoms with van der Waals surface area (Å²) >= 11 is 0. The molecule has 1 aromatic heterocycles. The van der Waals surface area contributed by atoms with Crippen molar-refractivity contribution in [1.29, 1.82) is 0 Å². The lowest BCUT2D eigenvalue weighted by molar-refractivity contribution is -0.130. The number of rotatable bonds is 3. The molecule has 2 aromatic rings. The molecule has 1 aromatic carbocycles. The van der Waals surface area contributed by atoms with Gasteiger partial charge in [0.15, 0.2) is 0 Å². The number of carbonyl (C=O) groups excluding carboxylic acids is 1. The number of nitrogens with zero attached hydrogens (tertiary/aromatic N) is 4. The summed E-state index contributed by atoms with van der Waals surface area (Å²) in [5, 5.41) is 8.27. The second-order valence-electron chi connectivity index (χ2n) is 8.67. The van der Waals surface area contributed by atoms with Gasteiger partial charge in [-0.1, -0.05) is 12.1 Å². The van der Waals surface area contributed by atoms with Crippen LogP contribution in [0.25, 0.3) is 0 Å². The second-order valence-corrected chi connectivity index (χ2v) is 8.67. The van der Waals surface area contributed by atoms with E-state index in [1.54, 1.807) is 19.1 Å². The molecule has 6 nitrogen and oxygen atoms in total. The third-order valence-corrected chi connectivity index (χ3v) is 6.66. The quantitative estimate of drug-likeness (QED) is 0.750. The molecule has 1 amide bonds. The maximum Gasteiger partial charge on any atom is 0.219 e. The molecule has 2 saturated heterocycles. The summed E-state index contributed by atoms with van der Waals surface area (Å²) in [6.07, 6.45) is 1.11. The molecule has 0 radical (unpaired) electrons. The third kappa shape index (κ3) is 4.75. The van der Waals surface area contributed by atoms with E-state index in [-0.39, 0.29) is 42.6 Å². The molecule has 31 heavy (non-hydrogen) atoms. The number of nitrogens with one attached hydrogen (secondary N) is 1. The molecule has 1 N–H and O–H groups in total. The molecule has 2 fully saturated rings. The molecule has 4 heterocycles. The van der Waals surface area contributed by atoms with Crippen LogP contribution in [-0.2, 0) is 24.4 Å². The van der Waals surface area contributed by atoms with E-state index < -0.39 is 0 Å². The van der Waals surface area contributed by atoms with Crippen LogP contribution in [-0.4, -0.2) is 51.7 Å². The lowest BCUT2D eigenvalue weighted by Crippen LogP contribution is -2.34. The monoisotopic (exact) mass is 469 g/mol. The standard InChI is InChI=1S/C22H28FN5O.2ClH/c1-15(29)27-12-17-11-26(13-19-9-20-10-24-6-3-7-28(20)25-19)14-21(17)22(27)16-4-2-5-18(23)8-16;;/h2,4-5,8-9,17,21-22,24H,3,6-7,10-14H2,1H3;2*1H/t17-,21-,22-;;/m1../s1. The average Bonchev–Trinajstić information content (AvgIpc) is 3.30. The summed E-state index contributed by atoms with van der Waals surface area (Å²) in [4.78, 5) is 16.6. The first kappa shape index (κ1) is 24.0. The second kappa shape index (κ2) is 9.86. The van der Waals surface area contributed by atoms with Crippen LogP contribution >= 0.6 is 24.8 Å². The highest BCUT2D eigenvalue weighted by Crippen LogP contribution is 2.45. The molecular formula is C22H30Cl2FN5O. The van der Waals surface area contributed by atoms with E-state index in [4.69, 9.17) is 5.10 Å². The first-order valence-corrected chi connectivity index (χ1v) is 10.6. The fraction of sp³-hybridized carbons (Fsp3) is 0.545. The van der Waals surface area contributed by atoms with Crippen LogP contribution in [0.15, 0.2) is 30.3 Å². The summed E-state index contributed by atoms with van der Waals surface area (Å²) in [6.45, 7) is 7.98. The van der Waals surface area contributed by atoms with Crippen molar-refractivity contribution in [1.82, 2.24) is 24.9 Å². The summed E-state index contributed by atoms with van der Waals surface area (Å²) < 4.78 is 16.0. The molecule has 5 rings (SSSR count). The Bertz CT molecular complexity index is 900. The van der Waals surface area contributed by atoms with E-state index >= 15 is 0 Å². The number of hydrogen-bond donors (Lipinski definition) is 1. The normalized spacial score (nSPS) is 25.2. The van der Waals surface area contributed by atoms with E-state index in [0.717, 1.165) is 63.5 Å². The van der Waals surface area contributed by atoms with E-state index in [1.807, 2.05) is 11.0 Å². The van der Waals surface area contributed by atoms with Gasteiger partial charge in [-0.05, 0) is 42.6 Å². The van der Waals surface area contributed by atoms with Gasteiger partial charge in [0.2, 0.25) is 5.91 Å². The number of fused-ring (bicyclic) bond motifs is 2. The van der Waals surface area contributed by atoms with E-state index in [9.17, 15) is 9.18 Å². The largest absolute Gasteiger partial charge is 0.335 e. The number of likely N-dealkylation sites (tertiary alicyclic amines) is 2. The van der Waals surface area contributed by atoms with Crippen LogP contribution < -0.4 is 5.32 Å². The SMILES string of the molecule is CC(=O)N1C[C@H]2CN(Cc3cc4n(n3)CCCNC4)C[C@H]2[C@H]1c1cccc(F)c1.Cl.Cl. The Morgan fingerprint density at radius 2 is 2.06 bits per heavy atom. The predicted molar refractivity (Wildman–Crippen MR) is 122 cm³/mol. The van der Waals surface area contributed by atoms with E-state index in [0.29, 0.717) is 11.8 Å². The molecule has 170 valence electrons. The lowest BCUT2D eigenvalue weighted by Gasteiger charge is -2.29. The first-order chi connectivity index (χ1) is 14.1. The molecule has 0 bridgehead atoms. The highest BCUT2D eigenvalue weighted by atomic mass is 35.5. The highest BCUT2D eigenvalue weighted by molar-refractivity contribution is 5.85. The Morgan fingerprint density at radius 3 is 2.84 bits per heavy atom. The summed E-state index contributed by atoms with van der Waals surface area (Å²) in [7, 11) is 0. The minimum Gasteiger partial charge on any atom is -0.335 e. The molecule has 9 heteroatoms. The average molecular weight is 470 g/mol. The van der Waals surface area contributed by atoms with Gasteiger partial charge in [0.05, 0.1) is 17.4 Å². The van der Waals surface area contributed by atoms with E-state index in [2.05, 4.69) is 21.0 Å². The van der Waals surface area contributed by atoms with Gasteiger partial charge in [0, 0.05) is 52.1 Å². The fourth-order valence-corrected chi connectivity index (χ4v) is 5.44. The molecule has 3 atom stereocenters. The number of hydrogen-bond acceptors (Lipinski definition) is 4. The van der Waals surface area contributed by atoms with Crippen molar-refractivity contribution >= 4 is 30.7 Å². The van der Waals surface area contributed by atoms with Crippen molar-refractivity contribution in [3.63, 3.8) is 0 Å². The van der Waals surface area contributed by atoms with Crippen LogP contribution in [0.1, 0.15) is 36.3 Å². The highest BCUT2D eigenvalue weighted by Gasteiger charge is 2.48. The molecule has 0 unspecified atom stereocenters. The number of aromatic nitrogens is 2. The number of carbonyl (C=O) groups is 1.